The fourth-order valence-electron chi connectivity index (χ4n) is 15.4. The number of hydrogen-bond donors (Lipinski definition) is 0. The molecule has 0 atom stereocenters. The zero-order valence-electron chi connectivity index (χ0n) is 54.9. The van der Waals surface area contributed by atoms with Gasteiger partial charge in [-0.1, -0.05) is 250 Å². The molecule has 0 N–H and O–H groups in total. The highest BCUT2D eigenvalue weighted by Crippen LogP contribution is 2.51. The van der Waals surface area contributed by atoms with E-state index in [0.717, 1.165) is 17.1 Å². The van der Waals surface area contributed by atoms with Crippen LogP contribution in [-0.2, 0) is 5.41 Å². The summed E-state index contributed by atoms with van der Waals surface area (Å²) in [7, 11) is 0. The van der Waals surface area contributed by atoms with Crippen LogP contribution in [0, 0.1) is 0 Å². The Morgan fingerprint density at radius 3 is 0.959 bits per heavy atom. The van der Waals surface area contributed by atoms with Crippen molar-refractivity contribution in [2.75, 3.05) is 4.90 Å². The molecule has 4 heteroatoms. The van der Waals surface area contributed by atoms with Gasteiger partial charge in [-0.05, 0) is 194 Å². The van der Waals surface area contributed by atoms with Crippen molar-refractivity contribution in [3.63, 3.8) is 0 Å². The van der Waals surface area contributed by atoms with Crippen molar-refractivity contribution in [3.05, 3.63) is 375 Å². The van der Waals surface area contributed by atoms with Crippen molar-refractivity contribution in [3.8, 4) is 72.7 Å². The van der Waals surface area contributed by atoms with Crippen molar-refractivity contribution in [2.45, 2.75) is 19.3 Å². The van der Waals surface area contributed by atoms with Crippen LogP contribution in [0.1, 0.15) is 26.4 Å². The van der Waals surface area contributed by atoms with Crippen LogP contribution in [0.15, 0.2) is 364 Å². The summed E-state index contributed by atoms with van der Waals surface area (Å²) in [5, 5.41) is 7.58. The minimum atomic E-state index is -0.0864. The first-order valence-corrected chi connectivity index (χ1v) is 33.6. The van der Waals surface area contributed by atoms with E-state index in [0.29, 0.717) is 0 Å². The van der Waals surface area contributed by atoms with Crippen molar-refractivity contribution in [1.29, 1.82) is 0 Å². The van der Waals surface area contributed by atoms with Gasteiger partial charge in [0, 0.05) is 71.9 Å². The second kappa shape index (κ2) is 23.5. The van der Waals surface area contributed by atoms with Crippen molar-refractivity contribution in [1.82, 2.24) is 13.7 Å². The molecule has 4 nitrogen and oxygen atoms in total. The van der Waals surface area contributed by atoms with Crippen molar-refractivity contribution < 1.29 is 1.43 Å². The predicted molar refractivity (Wildman–Crippen MR) is 411 cm³/mol. The molecule has 0 saturated carbocycles. The predicted octanol–water partition coefficient (Wildman–Crippen LogP) is 25.2. The van der Waals surface area contributed by atoms with Gasteiger partial charge in [-0.3, -0.25) is 0 Å². The summed E-state index contributed by atoms with van der Waals surface area (Å²) in [6, 6.07) is 132. The molecule has 0 radical (unpaired) electrons. The number of nitrogens with zero attached hydrogens (tertiary/aromatic N) is 4. The number of hydrogen-bond acceptors (Lipinski definition) is 1. The topological polar surface area (TPSA) is 18.0 Å². The van der Waals surface area contributed by atoms with E-state index in [1.807, 2.05) is 0 Å². The normalized spacial score (nSPS) is 12.3. The molecule has 97 heavy (non-hydrogen) atoms. The number of para-hydroxylation sites is 5. The van der Waals surface area contributed by atoms with Crippen LogP contribution in [0.4, 0.5) is 17.1 Å². The molecule has 1 aliphatic rings. The van der Waals surface area contributed by atoms with E-state index in [1.54, 1.807) is 0 Å². The quantitative estimate of drug-likeness (QED) is 0.133. The first kappa shape index (κ1) is 57.2. The van der Waals surface area contributed by atoms with Crippen molar-refractivity contribution >= 4 is 82.5 Å². The lowest BCUT2D eigenvalue weighted by molar-refractivity contribution is 0.660. The average molecular weight is 1240 g/mol. The molecule has 0 amide bonds. The van der Waals surface area contributed by atoms with Gasteiger partial charge >= 0.3 is 0 Å². The molecule has 0 saturated heterocycles. The lowest BCUT2D eigenvalue weighted by Gasteiger charge is -2.28. The summed E-state index contributed by atoms with van der Waals surface area (Å²) in [5.41, 5.74) is 29.3. The number of aromatic nitrogens is 3. The van der Waals surface area contributed by atoms with E-state index < -0.39 is 0 Å². The highest BCUT2D eigenvalue weighted by Gasteiger charge is 2.36. The fourth-order valence-corrected chi connectivity index (χ4v) is 15.4. The van der Waals surface area contributed by atoms with Crippen molar-refractivity contribution in [2.24, 2.45) is 0 Å². The Hall–Kier alpha value is -12.5. The smallest absolute Gasteiger partial charge is 0.0541 e. The molecule has 0 fully saturated rings. The molecule has 15 aromatic carbocycles. The zero-order valence-corrected chi connectivity index (χ0v) is 53.9. The third-order valence-corrected chi connectivity index (χ3v) is 20.1. The molecule has 3 aromatic heterocycles. The zero-order chi connectivity index (χ0) is 64.6. The van der Waals surface area contributed by atoms with Gasteiger partial charge in [0.05, 0.1) is 33.1 Å². The summed E-state index contributed by atoms with van der Waals surface area (Å²) in [6.07, 6.45) is 0. The highest BCUT2D eigenvalue weighted by molar-refractivity contribution is 6.13. The van der Waals surface area contributed by atoms with E-state index >= 15 is 0 Å². The van der Waals surface area contributed by atoms with Crippen LogP contribution in [0.2, 0.25) is 0 Å². The molecule has 0 spiro atoms. The van der Waals surface area contributed by atoms with Gasteiger partial charge in [-0.2, -0.15) is 0 Å². The molecule has 460 valence electrons. The lowest BCUT2D eigenvalue weighted by Crippen LogP contribution is -2.16. The molecule has 3 heterocycles. The Kier molecular flexibility index (Phi) is 13.9. The van der Waals surface area contributed by atoms with Crippen LogP contribution in [-0.4, -0.2) is 13.7 Å². The molecular formula is C93H67N4-. The first-order chi connectivity index (χ1) is 47.9. The number of fused-ring (bicyclic) bond motifs is 12. The number of anilines is 3. The second-order valence-electron chi connectivity index (χ2n) is 26.0. The molecule has 0 bridgehead atoms. The maximum Gasteiger partial charge on any atom is 0.0541 e. The number of benzene rings is 15. The maximum absolute atomic E-state index is 2.41. The first-order valence-electron chi connectivity index (χ1n) is 33.6. The molecule has 0 unspecified atom stereocenters. The minimum Gasteiger partial charge on any atom is -1.00 e. The third-order valence-electron chi connectivity index (χ3n) is 20.1. The van der Waals surface area contributed by atoms with Gasteiger partial charge in [-0.15, -0.1) is 0 Å². The molecular weight excluding hydrogens is 1170 g/mol. The Morgan fingerprint density at radius 1 is 0.216 bits per heavy atom. The summed E-state index contributed by atoms with van der Waals surface area (Å²) in [5.74, 6) is 0. The monoisotopic (exact) mass is 1240 g/mol. The second-order valence-corrected chi connectivity index (χ2v) is 26.0. The van der Waals surface area contributed by atoms with Gasteiger partial charge in [0.15, 0.2) is 0 Å². The van der Waals surface area contributed by atoms with Crippen LogP contribution in [0.25, 0.3) is 138 Å². The van der Waals surface area contributed by atoms with E-state index in [4.69, 9.17) is 0 Å². The highest BCUT2D eigenvalue weighted by atomic mass is 15.1. The molecule has 1 aliphatic carbocycles. The minimum absolute atomic E-state index is 0. The van der Waals surface area contributed by atoms with Gasteiger partial charge in [-0.25, -0.2) is 0 Å². The van der Waals surface area contributed by atoms with Gasteiger partial charge in [0.2, 0.25) is 0 Å². The summed E-state index contributed by atoms with van der Waals surface area (Å²) in [4.78, 5) is 2.40. The average Bonchev–Trinajstić information content (AvgIpc) is 1.59. The fraction of sp³-hybridized carbons (Fsp3) is 0.0323. The Bertz CT molecular complexity index is 5990. The van der Waals surface area contributed by atoms with Crippen LogP contribution >= 0.6 is 0 Å². The Morgan fingerprint density at radius 2 is 0.515 bits per heavy atom. The standard InChI is InChI=1S/C51H38N2.C42H28N2.H/c1-51(2)47-19-11-9-17-43(47)44-31-30-42(34-48(44)51)52(40-26-21-36(22-27-40)35-13-5-3-6-14-35)41-28-23-37(24-29-41)38-25-32-50-46(33-38)45-18-10-12-20-49(45)53(50)39-15-7-4-8-16-39;1-3-11-29(12-4-1)30-19-23-34(24-20-30)44-40-18-10-8-16-36(40)38-28-32(22-26-42(38)44)31-21-25-41-37(27-31)35-15-7-9-17-39(35)43(41)33-13-5-2-6-14-33;/h3-34H,1-2H3;1-28H;/q;;-1. The van der Waals surface area contributed by atoms with E-state index in [9.17, 15) is 0 Å². The third kappa shape index (κ3) is 9.83. The molecule has 19 rings (SSSR count). The lowest BCUT2D eigenvalue weighted by atomic mass is 9.82. The van der Waals surface area contributed by atoms with Crippen LogP contribution in [0.5, 0.6) is 0 Å². The summed E-state index contributed by atoms with van der Waals surface area (Å²) >= 11 is 0. The largest absolute Gasteiger partial charge is 1.00 e. The summed E-state index contributed by atoms with van der Waals surface area (Å²) in [6.45, 7) is 4.70. The Labute approximate surface area is 566 Å². The molecule has 18 aromatic rings. The van der Waals surface area contributed by atoms with Crippen LogP contribution in [0.3, 0.4) is 0 Å². The SMILES string of the molecule is CC1(C)c2ccccc2-c2ccc(N(c3ccc(-c4ccccc4)cc3)c3ccc(-c4ccc5c(c4)c4ccccc4n5-c4ccccc4)cc3)cc21.[H-].c1ccc(-c2ccc(-n3c4ccccc4c4cc(-c5ccc6c(c5)c5ccccc5n6-c5ccccc5)ccc43)cc2)cc1. The van der Waals surface area contributed by atoms with E-state index in [1.165, 1.54) is 149 Å². The van der Waals surface area contributed by atoms with Gasteiger partial charge in [0.25, 0.3) is 0 Å². The summed E-state index contributed by atoms with van der Waals surface area (Å²) < 4.78 is 7.13. The van der Waals surface area contributed by atoms with E-state index in [2.05, 4.69) is 396 Å². The molecule has 0 aliphatic heterocycles. The maximum atomic E-state index is 2.41. The van der Waals surface area contributed by atoms with Crippen LogP contribution < -0.4 is 4.90 Å². The van der Waals surface area contributed by atoms with E-state index in [-0.39, 0.29) is 6.84 Å². The van der Waals surface area contributed by atoms with Gasteiger partial charge < -0.3 is 20.0 Å². The Balaban J connectivity index is 0.000000148. The van der Waals surface area contributed by atoms with Gasteiger partial charge in [0.1, 0.15) is 0 Å². The number of rotatable bonds is 10.